The van der Waals surface area contributed by atoms with Gasteiger partial charge in [-0.25, -0.2) is 4.79 Å². The van der Waals surface area contributed by atoms with Crippen molar-refractivity contribution in [2.75, 3.05) is 19.7 Å². The Labute approximate surface area is 147 Å². The average molecular weight is 341 g/mol. The Morgan fingerprint density at radius 1 is 1.12 bits per heavy atom. The summed E-state index contributed by atoms with van der Waals surface area (Å²) in [5.74, 6) is 1.55. The van der Waals surface area contributed by atoms with Crippen LogP contribution in [0.15, 0.2) is 0 Å². The van der Waals surface area contributed by atoms with E-state index >= 15 is 0 Å². The fourth-order valence-electron chi connectivity index (χ4n) is 4.09. The van der Waals surface area contributed by atoms with Crippen LogP contribution in [0.4, 0.5) is 4.79 Å². The molecule has 2 aliphatic rings. The fourth-order valence-corrected chi connectivity index (χ4v) is 4.09. The zero-order valence-corrected chi connectivity index (χ0v) is 15.9. The molecule has 0 bridgehead atoms. The van der Waals surface area contributed by atoms with Crippen molar-refractivity contribution in [1.29, 1.82) is 0 Å². The van der Waals surface area contributed by atoms with Gasteiger partial charge in [-0.05, 0) is 78.1 Å². The summed E-state index contributed by atoms with van der Waals surface area (Å²) >= 11 is 0. The molecule has 1 heterocycles. The van der Waals surface area contributed by atoms with Gasteiger partial charge in [-0.15, -0.1) is 0 Å². The molecule has 1 atom stereocenters. The van der Waals surface area contributed by atoms with E-state index in [9.17, 15) is 4.79 Å². The van der Waals surface area contributed by atoms with Gasteiger partial charge >= 0.3 is 6.09 Å². The van der Waals surface area contributed by atoms with Gasteiger partial charge in [0.1, 0.15) is 5.60 Å². The summed E-state index contributed by atoms with van der Waals surface area (Å²) in [6.45, 7) is 9.67. The van der Waals surface area contributed by atoms with Crippen molar-refractivity contribution in [2.45, 2.75) is 83.9 Å². The first-order valence-electron chi connectivity index (χ1n) is 9.63. The third kappa shape index (κ3) is 5.92. The first-order valence-corrected chi connectivity index (χ1v) is 9.63. The number of rotatable bonds is 4. The summed E-state index contributed by atoms with van der Waals surface area (Å²) in [4.78, 5) is 14.0. The summed E-state index contributed by atoms with van der Waals surface area (Å²) in [6.07, 6.45) is 7.01. The Morgan fingerprint density at radius 3 is 2.17 bits per heavy atom. The third-order valence-electron chi connectivity index (χ3n) is 5.42. The number of hydrogen-bond acceptors (Lipinski definition) is 4. The Balaban J connectivity index is 1.71. The zero-order valence-electron chi connectivity index (χ0n) is 15.9. The molecule has 0 aromatic carbocycles. The lowest BCUT2D eigenvalue weighted by molar-refractivity contribution is 0.0145. The number of ether oxygens (including phenoxy) is 1. The Hall–Kier alpha value is -0.810. The smallest absolute Gasteiger partial charge is 0.410 e. The number of carbonyl (C=O) groups is 1. The van der Waals surface area contributed by atoms with Gasteiger partial charge in [-0.2, -0.15) is 0 Å². The molecule has 0 unspecified atom stereocenters. The molecule has 0 aromatic heterocycles. The van der Waals surface area contributed by atoms with Gasteiger partial charge in [0.2, 0.25) is 0 Å². The summed E-state index contributed by atoms with van der Waals surface area (Å²) in [6, 6.07) is 0.758. The zero-order chi connectivity index (χ0) is 17.7. The molecule has 1 saturated carbocycles. The van der Waals surface area contributed by atoms with Gasteiger partial charge in [0.15, 0.2) is 0 Å². The molecule has 2 N–H and O–H groups in total. The van der Waals surface area contributed by atoms with Crippen molar-refractivity contribution >= 4 is 6.09 Å². The standard InChI is InChI=1S/C19H36N2O3/c1-14(13-22)20-17-7-5-15(6-8-17)16-9-11-21(12-10-16)18(23)24-19(2,3)4/h14-17,20,22H,5-13H2,1-4H3/t14-,15?,17?/m0/s1. The highest BCUT2D eigenvalue weighted by Crippen LogP contribution is 2.36. The van der Waals surface area contributed by atoms with Crippen molar-refractivity contribution in [2.24, 2.45) is 11.8 Å². The summed E-state index contributed by atoms with van der Waals surface area (Å²) in [5, 5.41) is 12.7. The van der Waals surface area contributed by atoms with E-state index in [0.717, 1.165) is 37.8 Å². The van der Waals surface area contributed by atoms with Crippen LogP contribution >= 0.6 is 0 Å². The highest BCUT2D eigenvalue weighted by molar-refractivity contribution is 5.68. The minimum Gasteiger partial charge on any atom is -0.444 e. The van der Waals surface area contributed by atoms with E-state index < -0.39 is 5.60 Å². The number of piperidine rings is 1. The highest BCUT2D eigenvalue weighted by atomic mass is 16.6. The molecule has 1 saturated heterocycles. The van der Waals surface area contributed by atoms with Crippen LogP contribution in [-0.2, 0) is 4.74 Å². The first kappa shape index (κ1) is 19.5. The van der Waals surface area contributed by atoms with Crippen LogP contribution in [0.3, 0.4) is 0 Å². The second-order valence-electron chi connectivity index (χ2n) is 8.67. The second kappa shape index (κ2) is 8.52. The van der Waals surface area contributed by atoms with Crippen LogP contribution in [0.25, 0.3) is 0 Å². The Kier molecular flexibility index (Phi) is 6.93. The molecule has 1 amide bonds. The number of hydrogen-bond donors (Lipinski definition) is 2. The average Bonchev–Trinajstić information content (AvgIpc) is 2.54. The van der Waals surface area contributed by atoms with Crippen LogP contribution in [0, 0.1) is 11.8 Å². The number of aliphatic hydroxyl groups excluding tert-OH is 1. The Bertz CT molecular complexity index is 392. The molecule has 0 spiro atoms. The van der Waals surface area contributed by atoms with Gasteiger partial charge < -0.3 is 20.1 Å². The van der Waals surface area contributed by atoms with Crippen LogP contribution in [0.1, 0.15) is 66.2 Å². The van der Waals surface area contributed by atoms with Gasteiger partial charge in [0.25, 0.3) is 0 Å². The quantitative estimate of drug-likeness (QED) is 0.825. The summed E-state index contributed by atoms with van der Waals surface area (Å²) in [7, 11) is 0. The lowest BCUT2D eigenvalue weighted by Crippen LogP contribution is -2.44. The third-order valence-corrected chi connectivity index (χ3v) is 5.42. The predicted octanol–water partition coefficient (Wildman–Crippen LogP) is 3.16. The monoisotopic (exact) mass is 340 g/mol. The molecule has 24 heavy (non-hydrogen) atoms. The predicted molar refractivity (Wildman–Crippen MR) is 96.0 cm³/mol. The van der Waals surface area contributed by atoms with Crippen molar-refractivity contribution in [3.63, 3.8) is 0 Å². The lowest BCUT2D eigenvalue weighted by atomic mass is 9.74. The van der Waals surface area contributed by atoms with Gasteiger partial charge in [0.05, 0.1) is 6.61 Å². The maximum atomic E-state index is 12.1. The maximum Gasteiger partial charge on any atom is 0.410 e. The highest BCUT2D eigenvalue weighted by Gasteiger charge is 2.32. The number of aliphatic hydroxyl groups is 1. The van der Waals surface area contributed by atoms with Crippen LogP contribution < -0.4 is 5.32 Å². The van der Waals surface area contributed by atoms with E-state index in [0.29, 0.717) is 6.04 Å². The first-order chi connectivity index (χ1) is 11.3. The molecular weight excluding hydrogens is 304 g/mol. The van der Waals surface area contributed by atoms with E-state index in [4.69, 9.17) is 9.84 Å². The number of nitrogens with zero attached hydrogens (tertiary/aromatic N) is 1. The van der Waals surface area contributed by atoms with E-state index in [-0.39, 0.29) is 18.7 Å². The molecule has 1 aliphatic heterocycles. The number of amides is 1. The molecular formula is C19H36N2O3. The number of nitrogens with one attached hydrogen (secondary N) is 1. The molecule has 1 aliphatic carbocycles. The normalized spacial score (nSPS) is 27.8. The van der Waals surface area contributed by atoms with E-state index in [1.807, 2.05) is 32.6 Å². The van der Waals surface area contributed by atoms with Crippen molar-refractivity contribution in [3.05, 3.63) is 0 Å². The minimum atomic E-state index is -0.412. The van der Waals surface area contributed by atoms with Crippen molar-refractivity contribution < 1.29 is 14.6 Å². The van der Waals surface area contributed by atoms with Gasteiger partial charge in [0, 0.05) is 25.2 Å². The molecule has 0 aromatic rings. The molecule has 140 valence electrons. The maximum absolute atomic E-state index is 12.1. The van der Waals surface area contributed by atoms with Crippen molar-refractivity contribution in [1.82, 2.24) is 10.2 Å². The minimum absolute atomic E-state index is 0.160. The van der Waals surface area contributed by atoms with Gasteiger partial charge in [-0.3, -0.25) is 0 Å². The van der Waals surface area contributed by atoms with Crippen LogP contribution in [-0.4, -0.2) is 53.5 Å². The van der Waals surface area contributed by atoms with E-state index in [2.05, 4.69) is 5.32 Å². The largest absolute Gasteiger partial charge is 0.444 e. The van der Waals surface area contributed by atoms with Gasteiger partial charge in [-0.1, -0.05) is 0 Å². The molecule has 0 radical (unpaired) electrons. The topological polar surface area (TPSA) is 61.8 Å². The molecule has 5 heteroatoms. The van der Waals surface area contributed by atoms with E-state index in [1.165, 1.54) is 25.7 Å². The SMILES string of the molecule is C[C@@H](CO)NC1CCC(C2CCN(C(=O)OC(C)(C)C)CC2)CC1. The molecule has 5 nitrogen and oxygen atoms in total. The fraction of sp³-hybridized carbons (Fsp3) is 0.947. The number of likely N-dealkylation sites (tertiary alicyclic amines) is 1. The summed E-state index contributed by atoms with van der Waals surface area (Å²) < 4.78 is 5.48. The van der Waals surface area contributed by atoms with Crippen LogP contribution in [0.5, 0.6) is 0 Å². The Morgan fingerprint density at radius 2 is 1.67 bits per heavy atom. The lowest BCUT2D eigenvalue weighted by Gasteiger charge is -2.39. The molecule has 2 rings (SSSR count). The molecule has 2 fully saturated rings. The number of carbonyl (C=O) groups excluding carboxylic acids is 1. The van der Waals surface area contributed by atoms with Crippen molar-refractivity contribution in [3.8, 4) is 0 Å². The second-order valence-corrected chi connectivity index (χ2v) is 8.67. The van der Waals surface area contributed by atoms with E-state index in [1.54, 1.807) is 0 Å². The summed E-state index contributed by atoms with van der Waals surface area (Å²) in [5.41, 5.74) is -0.412. The van der Waals surface area contributed by atoms with Crippen LogP contribution in [0.2, 0.25) is 0 Å².